The summed E-state index contributed by atoms with van der Waals surface area (Å²) in [4.78, 5) is 10.4. The SMILES string of the molecule is O=C1[C+]=CC=CC=C1. The Balaban J connectivity index is 2.81. The van der Waals surface area contributed by atoms with Gasteiger partial charge in [0.15, 0.2) is 0 Å². The molecule has 0 N–H and O–H groups in total. The van der Waals surface area contributed by atoms with Crippen LogP contribution in [0.2, 0.25) is 0 Å². The van der Waals surface area contributed by atoms with Gasteiger partial charge in [-0.2, -0.15) is 0 Å². The van der Waals surface area contributed by atoms with E-state index in [1.165, 1.54) is 6.08 Å². The van der Waals surface area contributed by atoms with Gasteiger partial charge in [-0.05, 0) is 0 Å². The lowest BCUT2D eigenvalue weighted by atomic mass is 10.3. The van der Waals surface area contributed by atoms with Crippen LogP contribution in [0.15, 0.2) is 30.4 Å². The van der Waals surface area contributed by atoms with E-state index in [0.29, 0.717) is 0 Å². The molecule has 0 aliphatic heterocycles. The van der Waals surface area contributed by atoms with Crippen molar-refractivity contribution in [1.82, 2.24) is 0 Å². The molecule has 0 amide bonds. The Morgan fingerprint density at radius 3 is 3.00 bits per heavy atom. The zero-order valence-corrected chi connectivity index (χ0v) is 4.29. The topological polar surface area (TPSA) is 17.1 Å². The zero-order chi connectivity index (χ0) is 5.82. The fourth-order valence-electron chi connectivity index (χ4n) is 0.441. The van der Waals surface area contributed by atoms with Crippen molar-refractivity contribution >= 4 is 5.78 Å². The van der Waals surface area contributed by atoms with Crippen LogP contribution < -0.4 is 0 Å². The highest BCUT2D eigenvalue weighted by molar-refractivity contribution is 5.96. The van der Waals surface area contributed by atoms with Gasteiger partial charge in [0.2, 0.25) is 0 Å². The van der Waals surface area contributed by atoms with Crippen LogP contribution in [0, 0.1) is 6.08 Å². The maximum absolute atomic E-state index is 10.4. The third kappa shape index (κ3) is 1.14. The van der Waals surface area contributed by atoms with E-state index in [2.05, 4.69) is 6.08 Å². The minimum Gasteiger partial charge on any atom is -0.247 e. The molecular weight excluding hydrogens is 100 g/mol. The van der Waals surface area contributed by atoms with Crippen molar-refractivity contribution in [3.63, 3.8) is 0 Å². The lowest BCUT2D eigenvalue weighted by molar-refractivity contribution is -0.111. The van der Waals surface area contributed by atoms with E-state index in [4.69, 9.17) is 0 Å². The first-order valence-corrected chi connectivity index (χ1v) is 2.36. The highest BCUT2D eigenvalue weighted by Gasteiger charge is 1.97. The summed E-state index contributed by atoms with van der Waals surface area (Å²) in [6.45, 7) is 0. The number of hydrogen-bond acceptors (Lipinski definition) is 1. The second-order valence-electron chi connectivity index (χ2n) is 1.42. The molecule has 1 nitrogen and oxygen atoms in total. The predicted octanol–water partition coefficient (Wildman–Crippen LogP) is 1.04. The second-order valence-corrected chi connectivity index (χ2v) is 1.42. The van der Waals surface area contributed by atoms with Gasteiger partial charge in [0.05, 0.1) is 12.2 Å². The minimum absolute atomic E-state index is 0.0741. The standard InChI is InChI=1S/C7H5O/c8-7-5-3-1-2-4-6-7/h1-5H/q+1. The molecule has 1 rings (SSSR count). The van der Waals surface area contributed by atoms with Crippen LogP contribution in [0.25, 0.3) is 0 Å². The molecule has 0 saturated carbocycles. The summed E-state index contributed by atoms with van der Waals surface area (Å²) >= 11 is 0. The van der Waals surface area contributed by atoms with Gasteiger partial charge in [-0.25, -0.2) is 4.79 Å². The Morgan fingerprint density at radius 1 is 1.25 bits per heavy atom. The number of hydrogen-bond donors (Lipinski definition) is 0. The minimum atomic E-state index is -0.0741. The highest BCUT2D eigenvalue weighted by Crippen LogP contribution is 1.87. The van der Waals surface area contributed by atoms with E-state index in [0.717, 1.165) is 0 Å². The summed E-state index contributed by atoms with van der Waals surface area (Å²) in [5, 5.41) is 0. The van der Waals surface area contributed by atoms with E-state index < -0.39 is 0 Å². The molecule has 0 saturated heterocycles. The fourth-order valence-corrected chi connectivity index (χ4v) is 0.441. The third-order valence-corrected chi connectivity index (χ3v) is 0.792. The molecule has 1 aliphatic rings. The van der Waals surface area contributed by atoms with E-state index in [1.807, 2.05) is 0 Å². The van der Waals surface area contributed by atoms with Crippen molar-refractivity contribution in [2.24, 2.45) is 0 Å². The van der Waals surface area contributed by atoms with E-state index in [9.17, 15) is 4.79 Å². The molecular formula is C7H5O+. The van der Waals surface area contributed by atoms with Crippen LogP contribution in [-0.2, 0) is 4.79 Å². The van der Waals surface area contributed by atoms with E-state index in [1.54, 1.807) is 24.3 Å². The number of carbonyl (C=O) groups excluding carboxylic acids is 1. The first-order valence-electron chi connectivity index (χ1n) is 2.36. The molecule has 1 heteroatoms. The van der Waals surface area contributed by atoms with Gasteiger partial charge in [-0.15, -0.1) is 0 Å². The Kier molecular flexibility index (Phi) is 1.36. The average Bonchev–Trinajstić information content (AvgIpc) is 1.94. The second kappa shape index (κ2) is 2.20. The maximum atomic E-state index is 10.4. The number of carbonyl (C=O) groups is 1. The van der Waals surface area contributed by atoms with Crippen LogP contribution in [0.4, 0.5) is 0 Å². The Bertz CT molecular complexity index is 155. The zero-order valence-electron chi connectivity index (χ0n) is 4.29. The number of rotatable bonds is 0. The smallest absolute Gasteiger partial charge is 0.247 e. The lowest BCUT2D eigenvalue weighted by Crippen LogP contribution is -1.81. The van der Waals surface area contributed by atoms with Crippen molar-refractivity contribution < 1.29 is 4.79 Å². The van der Waals surface area contributed by atoms with Crippen molar-refractivity contribution in [3.8, 4) is 0 Å². The Morgan fingerprint density at radius 2 is 2.12 bits per heavy atom. The van der Waals surface area contributed by atoms with Gasteiger partial charge in [-0.3, -0.25) is 0 Å². The normalized spacial score (nSPS) is 15.8. The first-order chi connectivity index (χ1) is 3.89. The predicted molar refractivity (Wildman–Crippen MR) is 31.1 cm³/mol. The summed E-state index contributed by atoms with van der Waals surface area (Å²) in [5.41, 5.74) is 0. The van der Waals surface area contributed by atoms with Gasteiger partial charge in [0.25, 0.3) is 0 Å². The molecule has 0 spiro atoms. The Hall–Kier alpha value is -1.20. The molecule has 0 fully saturated rings. The van der Waals surface area contributed by atoms with Crippen molar-refractivity contribution in [2.45, 2.75) is 0 Å². The molecule has 0 aromatic rings. The number of ketones is 1. The van der Waals surface area contributed by atoms with Gasteiger partial charge in [0.1, 0.15) is 6.08 Å². The van der Waals surface area contributed by atoms with Crippen molar-refractivity contribution in [3.05, 3.63) is 36.5 Å². The summed E-state index contributed by atoms with van der Waals surface area (Å²) in [5.74, 6) is -0.0741. The molecule has 0 atom stereocenters. The van der Waals surface area contributed by atoms with E-state index in [-0.39, 0.29) is 5.78 Å². The van der Waals surface area contributed by atoms with Gasteiger partial charge < -0.3 is 0 Å². The van der Waals surface area contributed by atoms with Crippen LogP contribution >= 0.6 is 0 Å². The molecule has 0 aromatic heterocycles. The largest absolute Gasteiger partial charge is 0.338 e. The summed E-state index contributed by atoms with van der Waals surface area (Å²) in [6, 6.07) is 0. The molecule has 1 aliphatic carbocycles. The average molecular weight is 105 g/mol. The van der Waals surface area contributed by atoms with Crippen LogP contribution in [0.5, 0.6) is 0 Å². The molecule has 0 aromatic carbocycles. The molecule has 38 valence electrons. The molecule has 0 heterocycles. The summed E-state index contributed by atoms with van der Waals surface area (Å²) < 4.78 is 0. The monoisotopic (exact) mass is 105 g/mol. The van der Waals surface area contributed by atoms with Crippen molar-refractivity contribution in [2.75, 3.05) is 0 Å². The fraction of sp³-hybridized carbons (Fsp3) is 0. The van der Waals surface area contributed by atoms with Crippen LogP contribution in [-0.4, -0.2) is 5.78 Å². The van der Waals surface area contributed by atoms with Gasteiger partial charge >= 0.3 is 5.78 Å². The maximum Gasteiger partial charge on any atom is 0.338 e. The Labute approximate surface area is 48.0 Å². The van der Waals surface area contributed by atoms with Gasteiger partial charge in [0, 0.05) is 18.2 Å². The molecule has 0 unspecified atom stereocenters. The third-order valence-electron chi connectivity index (χ3n) is 0.792. The molecule has 8 heavy (non-hydrogen) atoms. The van der Waals surface area contributed by atoms with E-state index >= 15 is 0 Å². The highest BCUT2D eigenvalue weighted by atomic mass is 16.1. The summed E-state index contributed by atoms with van der Waals surface area (Å²) in [6.07, 6.45) is 10.8. The summed E-state index contributed by atoms with van der Waals surface area (Å²) in [7, 11) is 0. The van der Waals surface area contributed by atoms with Crippen LogP contribution in [0.3, 0.4) is 0 Å². The molecule has 0 radical (unpaired) electrons. The van der Waals surface area contributed by atoms with Gasteiger partial charge in [-0.1, -0.05) is 0 Å². The number of allylic oxidation sites excluding steroid dienone is 6. The molecule has 0 bridgehead atoms. The quantitative estimate of drug-likeness (QED) is 0.421. The van der Waals surface area contributed by atoms with Crippen LogP contribution in [0.1, 0.15) is 0 Å². The first kappa shape index (κ1) is 4.95. The van der Waals surface area contributed by atoms with Crippen molar-refractivity contribution in [1.29, 1.82) is 0 Å². The lowest BCUT2D eigenvalue weighted by Gasteiger charge is -1.60.